The number of halogens is 1. The second kappa shape index (κ2) is 9.36. The largest absolute Gasteiger partial charge is 0.493 e. The van der Waals surface area contributed by atoms with E-state index in [1.54, 1.807) is 33.4 Å². The van der Waals surface area contributed by atoms with E-state index in [0.717, 1.165) is 5.69 Å². The fraction of sp³-hybridized carbons (Fsp3) is 0.278. The van der Waals surface area contributed by atoms with E-state index in [4.69, 9.17) is 14.2 Å². The molecule has 0 radical (unpaired) electrons. The van der Waals surface area contributed by atoms with E-state index in [2.05, 4.69) is 15.6 Å². The van der Waals surface area contributed by atoms with Crippen molar-refractivity contribution < 1.29 is 18.6 Å². The van der Waals surface area contributed by atoms with Crippen LogP contribution in [0.5, 0.6) is 17.2 Å². The first-order valence-electron chi connectivity index (χ1n) is 7.74. The summed E-state index contributed by atoms with van der Waals surface area (Å²) < 4.78 is 29.0. The van der Waals surface area contributed by atoms with Crippen LogP contribution in [0.4, 0.5) is 10.1 Å². The van der Waals surface area contributed by atoms with Gasteiger partial charge in [-0.2, -0.15) is 0 Å². The van der Waals surface area contributed by atoms with Crippen LogP contribution in [0.25, 0.3) is 0 Å². The molecule has 0 saturated heterocycles. The number of guanidine groups is 1. The summed E-state index contributed by atoms with van der Waals surface area (Å²) in [5.74, 6) is 2.02. The van der Waals surface area contributed by atoms with Crippen LogP contribution in [-0.4, -0.2) is 40.4 Å². The Kier molecular flexibility index (Phi) is 6.88. The topological polar surface area (TPSA) is 64.1 Å². The molecule has 134 valence electrons. The second-order valence-electron chi connectivity index (χ2n) is 5.00. The zero-order chi connectivity index (χ0) is 18.1. The van der Waals surface area contributed by atoms with Crippen LogP contribution in [0.2, 0.25) is 0 Å². The van der Waals surface area contributed by atoms with Gasteiger partial charge in [-0.05, 0) is 24.3 Å². The van der Waals surface area contributed by atoms with Gasteiger partial charge in [0.1, 0.15) is 18.2 Å². The number of ether oxygens (including phenoxy) is 3. The summed E-state index contributed by atoms with van der Waals surface area (Å²) in [5, 5.41) is 6.27. The average Bonchev–Trinajstić information content (AvgIpc) is 2.64. The second-order valence-corrected chi connectivity index (χ2v) is 5.00. The van der Waals surface area contributed by atoms with Crippen molar-refractivity contribution in [1.82, 2.24) is 5.32 Å². The van der Waals surface area contributed by atoms with Gasteiger partial charge < -0.3 is 24.8 Å². The number of aliphatic imine (C=N–C) groups is 1. The number of anilines is 1. The van der Waals surface area contributed by atoms with Crippen molar-refractivity contribution in [3.8, 4) is 17.2 Å². The standard InChI is InChI=1S/C18H22FN3O3/c1-20-18(21-9-10-25-15-6-4-5-13(19)11-15)22-14-7-8-16(23-2)17(12-14)24-3/h4-8,11-12H,9-10H2,1-3H3,(H2,20,21,22). The summed E-state index contributed by atoms with van der Waals surface area (Å²) in [4.78, 5) is 4.15. The molecule has 2 aromatic carbocycles. The van der Waals surface area contributed by atoms with Crippen LogP contribution in [0, 0.1) is 5.82 Å². The number of benzene rings is 2. The minimum absolute atomic E-state index is 0.323. The van der Waals surface area contributed by atoms with Gasteiger partial charge in [0.05, 0.1) is 20.8 Å². The smallest absolute Gasteiger partial charge is 0.195 e. The summed E-state index contributed by atoms with van der Waals surface area (Å²) in [6, 6.07) is 11.5. The molecule has 2 aromatic rings. The third-order valence-electron chi connectivity index (χ3n) is 3.33. The lowest BCUT2D eigenvalue weighted by Gasteiger charge is -2.14. The van der Waals surface area contributed by atoms with Crippen molar-refractivity contribution in [3.05, 3.63) is 48.3 Å². The summed E-state index contributed by atoms with van der Waals surface area (Å²) in [6.07, 6.45) is 0. The molecule has 0 spiro atoms. The minimum atomic E-state index is -0.323. The maximum atomic E-state index is 13.1. The molecule has 2 rings (SSSR count). The fourth-order valence-electron chi connectivity index (χ4n) is 2.12. The molecule has 7 heteroatoms. The first-order chi connectivity index (χ1) is 12.2. The molecular formula is C18H22FN3O3. The first kappa shape index (κ1) is 18.4. The Morgan fingerprint density at radius 1 is 1.08 bits per heavy atom. The predicted molar refractivity (Wildman–Crippen MR) is 96.4 cm³/mol. The van der Waals surface area contributed by atoms with Crippen molar-refractivity contribution in [2.45, 2.75) is 0 Å². The monoisotopic (exact) mass is 347 g/mol. The molecule has 0 atom stereocenters. The molecule has 0 bridgehead atoms. The highest BCUT2D eigenvalue weighted by Gasteiger charge is 2.06. The molecule has 0 unspecified atom stereocenters. The predicted octanol–water partition coefficient (Wildman–Crippen LogP) is 2.91. The molecule has 0 amide bonds. The van der Waals surface area contributed by atoms with Crippen molar-refractivity contribution in [2.24, 2.45) is 4.99 Å². The van der Waals surface area contributed by atoms with Crippen molar-refractivity contribution >= 4 is 11.6 Å². The Bertz CT molecular complexity index is 722. The van der Waals surface area contributed by atoms with Gasteiger partial charge in [-0.15, -0.1) is 0 Å². The van der Waals surface area contributed by atoms with Gasteiger partial charge in [0, 0.05) is 24.9 Å². The van der Waals surface area contributed by atoms with Gasteiger partial charge in [-0.25, -0.2) is 4.39 Å². The van der Waals surface area contributed by atoms with E-state index in [0.29, 0.717) is 36.4 Å². The zero-order valence-electron chi connectivity index (χ0n) is 14.5. The molecule has 0 saturated carbocycles. The van der Waals surface area contributed by atoms with Gasteiger partial charge in [0.2, 0.25) is 0 Å². The molecule has 2 N–H and O–H groups in total. The number of rotatable bonds is 7. The normalized spacial score (nSPS) is 11.0. The van der Waals surface area contributed by atoms with Crippen LogP contribution in [0.1, 0.15) is 0 Å². The third kappa shape index (κ3) is 5.56. The summed E-state index contributed by atoms with van der Waals surface area (Å²) in [7, 11) is 4.84. The molecule has 6 nitrogen and oxygen atoms in total. The Morgan fingerprint density at radius 2 is 1.88 bits per heavy atom. The zero-order valence-corrected chi connectivity index (χ0v) is 14.5. The molecule has 25 heavy (non-hydrogen) atoms. The maximum absolute atomic E-state index is 13.1. The summed E-state index contributed by atoms with van der Waals surface area (Å²) in [5.41, 5.74) is 0.803. The van der Waals surface area contributed by atoms with Gasteiger partial charge in [0.15, 0.2) is 17.5 Å². The fourth-order valence-corrected chi connectivity index (χ4v) is 2.12. The van der Waals surface area contributed by atoms with Crippen molar-refractivity contribution in [3.63, 3.8) is 0 Å². The lowest BCUT2D eigenvalue weighted by atomic mass is 10.3. The highest BCUT2D eigenvalue weighted by Crippen LogP contribution is 2.29. The van der Waals surface area contributed by atoms with E-state index in [1.165, 1.54) is 12.1 Å². The Balaban J connectivity index is 1.84. The number of hydrogen-bond donors (Lipinski definition) is 2. The van der Waals surface area contributed by atoms with Gasteiger partial charge in [-0.3, -0.25) is 4.99 Å². The van der Waals surface area contributed by atoms with Crippen LogP contribution in [-0.2, 0) is 0 Å². The average molecular weight is 347 g/mol. The Hall–Kier alpha value is -2.96. The van der Waals surface area contributed by atoms with E-state index in [-0.39, 0.29) is 5.82 Å². The van der Waals surface area contributed by atoms with Crippen LogP contribution < -0.4 is 24.8 Å². The van der Waals surface area contributed by atoms with E-state index >= 15 is 0 Å². The quantitative estimate of drug-likeness (QED) is 0.458. The molecular weight excluding hydrogens is 325 g/mol. The minimum Gasteiger partial charge on any atom is -0.493 e. The maximum Gasteiger partial charge on any atom is 0.195 e. The molecule has 0 aromatic heterocycles. The number of methoxy groups -OCH3 is 2. The van der Waals surface area contributed by atoms with Gasteiger partial charge in [0.25, 0.3) is 0 Å². The number of nitrogens with one attached hydrogen (secondary N) is 2. The van der Waals surface area contributed by atoms with Gasteiger partial charge >= 0.3 is 0 Å². The van der Waals surface area contributed by atoms with E-state index in [9.17, 15) is 4.39 Å². The van der Waals surface area contributed by atoms with Crippen LogP contribution in [0.3, 0.4) is 0 Å². The molecule has 0 aliphatic rings. The summed E-state index contributed by atoms with van der Waals surface area (Å²) in [6.45, 7) is 0.875. The first-order valence-corrected chi connectivity index (χ1v) is 7.74. The van der Waals surface area contributed by atoms with Crippen LogP contribution >= 0.6 is 0 Å². The lowest BCUT2D eigenvalue weighted by molar-refractivity contribution is 0.320. The molecule has 0 aliphatic carbocycles. The highest BCUT2D eigenvalue weighted by atomic mass is 19.1. The molecule has 0 aliphatic heterocycles. The lowest BCUT2D eigenvalue weighted by Crippen LogP contribution is -2.33. The van der Waals surface area contributed by atoms with E-state index in [1.807, 2.05) is 18.2 Å². The third-order valence-corrected chi connectivity index (χ3v) is 3.33. The molecule has 0 fully saturated rings. The van der Waals surface area contributed by atoms with Crippen LogP contribution in [0.15, 0.2) is 47.5 Å². The Labute approximate surface area is 146 Å². The van der Waals surface area contributed by atoms with Crippen molar-refractivity contribution in [1.29, 1.82) is 0 Å². The number of nitrogens with zero attached hydrogens (tertiary/aromatic N) is 1. The van der Waals surface area contributed by atoms with Gasteiger partial charge in [-0.1, -0.05) is 6.07 Å². The molecule has 0 heterocycles. The summed E-state index contributed by atoms with van der Waals surface area (Å²) >= 11 is 0. The number of hydrogen-bond acceptors (Lipinski definition) is 4. The highest BCUT2D eigenvalue weighted by molar-refractivity contribution is 5.93. The Morgan fingerprint density at radius 3 is 2.56 bits per heavy atom. The van der Waals surface area contributed by atoms with Crippen molar-refractivity contribution in [2.75, 3.05) is 39.7 Å². The van der Waals surface area contributed by atoms with E-state index < -0.39 is 0 Å². The SMILES string of the molecule is CN=C(NCCOc1cccc(F)c1)Nc1ccc(OC)c(OC)c1.